The van der Waals surface area contributed by atoms with Gasteiger partial charge in [-0.2, -0.15) is 0 Å². The predicted molar refractivity (Wildman–Crippen MR) is 59.8 cm³/mol. The number of hydrogen-bond donors (Lipinski definition) is 2. The Bertz CT molecular complexity index is 236. The minimum atomic E-state index is 0.482. The number of nitrogen functional groups attached to an aromatic ring is 2. The van der Waals surface area contributed by atoms with Crippen LogP contribution in [-0.4, -0.2) is 4.98 Å². The maximum atomic E-state index is 5.54. The molecule has 0 amide bonds. The molecular formula is C7H11Br2N3. The van der Waals surface area contributed by atoms with Gasteiger partial charge in [-0.15, -0.1) is 0 Å². The fraction of sp³-hybridized carbons (Fsp3) is 0.286. The first-order valence-corrected chi connectivity index (χ1v) is 5.06. The van der Waals surface area contributed by atoms with Gasteiger partial charge in [0.05, 0.1) is 22.0 Å². The maximum absolute atomic E-state index is 5.54. The van der Waals surface area contributed by atoms with Crippen LogP contribution < -0.4 is 11.5 Å². The molecule has 0 aromatic carbocycles. The summed E-state index contributed by atoms with van der Waals surface area (Å²) in [5, 5.41) is 0. The van der Waals surface area contributed by atoms with E-state index in [1.165, 1.54) is 6.20 Å². The third-order valence-electron chi connectivity index (χ3n) is 1.05. The molecule has 0 saturated carbocycles. The van der Waals surface area contributed by atoms with Crippen LogP contribution in [0.4, 0.5) is 11.4 Å². The van der Waals surface area contributed by atoms with Crippen LogP contribution in [0.25, 0.3) is 0 Å². The summed E-state index contributed by atoms with van der Waals surface area (Å²) >= 11 is 6.40. The zero-order valence-electron chi connectivity index (χ0n) is 6.94. The molecular weight excluding hydrogens is 286 g/mol. The van der Waals surface area contributed by atoms with Crippen LogP contribution in [0.2, 0.25) is 0 Å². The summed E-state index contributed by atoms with van der Waals surface area (Å²) < 4.78 is 1.37. The van der Waals surface area contributed by atoms with Crippen molar-refractivity contribution in [2.45, 2.75) is 13.8 Å². The van der Waals surface area contributed by atoms with Gasteiger partial charge in [0, 0.05) is 0 Å². The van der Waals surface area contributed by atoms with E-state index in [2.05, 4.69) is 36.8 Å². The Kier molecular flexibility index (Phi) is 5.24. The molecule has 1 aromatic rings. The number of aromatic nitrogens is 1. The van der Waals surface area contributed by atoms with Gasteiger partial charge in [0.15, 0.2) is 0 Å². The Morgan fingerprint density at radius 1 is 1.25 bits per heavy atom. The zero-order chi connectivity index (χ0) is 9.72. The van der Waals surface area contributed by atoms with Crippen LogP contribution in [0.1, 0.15) is 13.8 Å². The number of nitrogens with two attached hydrogens (primary N) is 2. The van der Waals surface area contributed by atoms with E-state index >= 15 is 0 Å². The van der Waals surface area contributed by atoms with Gasteiger partial charge in [0.25, 0.3) is 0 Å². The lowest BCUT2D eigenvalue weighted by atomic mass is 10.4. The van der Waals surface area contributed by atoms with Crippen molar-refractivity contribution in [1.29, 1.82) is 0 Å². The number of hydrogen-bond acceptors (Lipinski definition) is 3. The molecule has 68 valence electrons. The standard InChI is InChI=1S/C5H5Br2N3.C2H6/c6-3-4(9)2(8)1-10-5(3)7;1-2/h1H,8H2,(H2,9,10);1-2H3. The molecule has 0 unspecified atom stereocenters. The van der Waals surface area contributed by atoms with Gasteiger partial charge < -0.3 is 11.5 Å². The highest BCUT2D eigenvalue weighted by atomic mass is 79.9. The average Bonchev–Trinajstić information content (AvgIpc) is 2.12. The van der Waals surface area contributed by atoms with E-state index in [0.29, 0.717) is 20.5 Å². The lowest BCUT2D eigenvalue weighted by molar-refractivity contribution is 1.26. The Morgan fingerprint density at radius 2 is 1.75 bits per heavy atom. The molecule has 0 bridgehead atoms. The topological polar surface area (TPSA) is 64.9 Å². The summed E-state index contributed by atoms with van der Waals surface area (Å²) in [6.07, 6.45) is 1.50. The van der Waals surface area contributed by atoms with E-state index in [1.807, 2.05) is 13.8 Å². The van der Waals surface area contributed by atoms with E-state index < -0.39 is 0 Å². The van der Waals surface area contributed by atoms with Crippen molar-refractivity contribution in [3.05, 3.63) is 15.3 Å². The summed E-state index contributed by atoms with van der Waals surface area (Å²) in [6.45, 7) is 4.00. The van der Waals surface area contributed by atoms with E-state index in [0.717, 1.165) is 0 Å². The molecule has 0 fully saturated rings. The highest BCUT2D eigenvalue weighted by Gasteiger charge is 2.03. The largest absolute Gasteiger partial charge is 0.396 e. The molecule has 12 heavy (non-hydrogen) atoms. The van der Waals surface area contributed by atoms with Crippen LogP contribution in [-0.2, 0) is 0 Å². The highest BCUT2D eigenvalue weighted by molar-refractivity contribution is 9.13. The molecule has 0 radical (unpaired) electrons. The summed E-state index contributed by atoms with van der Waals surface area (Å²) in [5.41, 5.74) is 12.0. The molecule has 0 saturated heterocycles. The summed E-state index contributed by atoms with van der Waals surface area (Å²) in [4.78, 5) is 3.90. The first-order chi connectivity index (χ1) is 5.63. The second-order valence-electron chi connectivity index (χ2n) is 1.73. The summed E-state index contributed by atoms with van der Waals surface area (Å²) in [7, 11) is 0. The monoisotopic (exact) mass is 295 g/mol. The Hall–Kier alpha value is -0.290. The van der Waals surface area contributed by atoms with Crippen molar-refractivity contribution in [3.8, 4) is 0 Å². The molecule has 5 heteroatoms. The third kappa shape index (κ3) is 2.64. The zero-order valence-corrected chi connectivity index (χ0v) is 10.1. The van der Waals surface area contributed by atoms with Crippen LogP contribution in [0.3, 0.4) is 0 Å². The van der Waals surface area contributed by atoms with Crippen molar-refractivity contribution >= 4 is 43.2 Å². The fourth-order valence-electron chi connectivity index (χ4n) is 0.490. The number of halogens is 2. The van der Waals surface area contributed by atoms with Gasteiger partial charge in [-0.25, -0.2) is 4.98 Å². The van der Waals surface area contributed by atoms with Gasteiger partial charge in [-0.3, -0.25) is 0 Å². The van der Waals surface area contributed by atoms with Crippen molar-refractivity contribution in [2.75, 3.05) is 11.5 Å². The normalized spacial score (nSPS) is 8.67. The quantitative estimate of drug-likeness (QED) is 0.724. The molecule has 3 nitrogen and oxygen atoms in total. The highest BCUT2D eigenvalue weighted by Crippen LogP contribution is 2.30. The minimum Gasteiger partial charge on any atom is -0.396 e. The SMILES string of the molecule is CC.Nc1cnc(Br)c(Br)c1N. The molecule has 0 aliphatic carbocycles. The van der Waals surface area contributed by atoms with E-state index in [-0.39, 0.29) is 0 Å². The molecule has 0 atom stereocenters. The van der Waals surface area contributed by atoms with Crippen LogP contribution in [0.15, 0.2) is 15.3 Å². The Labute approximate surface area is 88.8 Å². The van der Waals surface area contributed by atoms with Crippen molar-refractivity contribution in [2.24, 2.45) is 0 Å². The Balaban J connectivity index is 0.000000561. The molecule has 0 aliphatic heterocycles. The second kappa shape index (κ2) is 5.37. The van der Waals surface area contributed by atoms with Gasteiger partial charge in [-0.1, -0.05) is 13.8 Å². The number of pyridine rings is 1. The molecule has 0 spiro atoms. The smallest absolute Gasteiger partial charge is 0.122 e. The van der Waals surface area contributed by atoms with Crippen molar-refractivity contribution < 1.29 is 0 Å². The predicted octanol–water partition coefficient (Wildman–Crippen LogP) is 2.80. The van der Waals surface area contributed by atoms with Gasteiger partial charge in [0.2, 0.25) is 0 Å². The summed E-state index contributed by atoms with van der Waals surface area (Å²) in [6, 6.07) is 0. The molecule has 0 aliphatic rings. The van der Waals surface area contributed by atoms with Crippen molar-refractivity contribution in [3.63, 3.8) is 0 Å². The number of anilines is 2. The molecule has 1 heterocycles. The van der Waals surface area contributed by atoms with Gasteiger partial charge >= 0.3 is 0 Å². The number of rotatable bonds is 0. The Morgan fingerprint density at radius 3 is 2.17 bits per heavy atom. The third-order valence-corrected chi connectivity index (χ3v) is 2.98. The lowest BCUT2D eigenvalue weighted by Gasteiger charge is -2.01. The lowest BCUT2D eigenvalue weighted by Crippen LogP contribution is -1.97. The molecule has 4 N–H and O–H groups in total. The minimum absolute atomic E-state index is 0.482. The molecule has 1 aromatic heterocycles. The summed E-state index contributed by atoms with van der Waals surface area (Å²) in [5.74, 6) is 0. The first kappa shape index (κ1) is 11.7. The number of nitrogens with zero attached hydrogens (tertiary/aromatic N) is 1. The fourth-order valence-corrected chi connectivity index (χ4v) is 1.14. The molecule has 1 rings (SSSR count). The van der Waals surface area contributed by atoms with Gasteiger partial charge in [0.1, 0.15) is 4.60 Å². The second-order valence-corrected chi connectivity index (χ2v) is 3.28. The maximum Gasteiger partial charge on any atom is 0.122 e. The van der Waals surface area contributed by atoms with Crippen LogP contribution in [0, 0.1) is 0 Å². The van der Waals surface area contributed by atoms with Crippen LogP contribution >= 0.6 is 31.9 Å². The first-order valence-electron chi connectivity index (χ1n) is 3.48. The average molecular weight is 297 g/mol. The van der Waals surface area contributed by atoms with Crippen molar-refractivity contribution in [1.82, 2.24) is 4.98 Å². The van der Waals surface area contributed by atoms with E-state index in [4.69, 9.17) is 11.5 Å². The van der Waals surface area contributed by atoms with Gasteiger partial charge in [-0.05, 0) is 31.9 Å². The van der Waals surface area contributed by atoms with E-state index in [9.17, 15) is 0 Å². The van der Waals surface area contributed by atoms with E-state index in [1.54, 1.807) is 0 Å². The van der Waals surface area contributed by atoms with Crippen LogP contribution in [0.5, 0.6) is 0 Å².